The first kappa shape index (κ1) is 13.1. The minimum absolute atomic E-state index is 0.478. The van der Waals surface area contributed by atoms with Crippen LogP contribution in [0.15, 0.2) is 30.3 Å². The van der Waals surface area contributed by atoms with Crippen molar-refractivity contribution in [3.8, 4) is 0 Å². The van der Waals surface area contributed by atoms with Crippen molar-refractivity contribution in [1.29, 1.82) is 0 Å². The third-order valence-corrected chi connectivity index (χ3v) is 5.06. The fraction of sp³-hybridized carbons (Fsp3) is 0.647. The Kier molecular flexibility index (Phi) is 4.19. The Morgan fingerprint density at radius 1 is 1.00 bits per heavy atom. The molecule has 1 N–H and O–H groups in total. The van der Waals surface area contributed by atoms with Crippen LogP contribution >= 0.6 is 0 Å². The van der Waals surface area contributed by atoms with Gasteiger partial charge in [-0.15, -0.1) is 0 Å². The van der Waals surface area contributed by atoms with Crippen molar-refractivity contribution < 1.29 is 0 Å². The smallest absolute Gasteiger partial charge is 0.0107 e. The third-order valence-electron chi connectivity index (χ3n) is 5.06. The zero-order valence-corrected chi connectivity index (χ0v) is 11.9. The second-order valence-corrected chi connectivity index (χ2v) is 6.20. The predicted molar refractivity (Wildman–Crippen MR) is 80.5 cm³/mol. The molecule has 0 spiro atoms. The molecule has 0 atom stereocenters. The highest BCUT2D eigenvalue weighted by Gasteiger charge is 2.35. The first-order chi connectivity index (χ1) is 9.39. The molecule has 2 fully saturated rings. The van der Waals surface area contributed by atoms with Gasteiger partial charge in [0.25, 0.3) is 0 Å². The first-order valence-corrected chi connectivity index (χ1v) is 7.88. The maximum absolute atomic E-state index is 3.44. The molecule has 1 aliphatic heterocycles. The molecule has 104 valence electrons. The van der Waals surface area contributed by atoms with Crippen molar-refractivity contribution in [2.45, 2.75) is 37.5 Å². The van der Waals surface area contributed by atoms with Gasteiger partial charge in [0.05, 0.1) is 0 Å². The van der Waals surface area contributed by atoms with Gasteiger partial charge in [-0.2, -0.15) is 0 Å². The van der Waals surface area contributed by atoms with E-state index in [0.29, 0.717) is 5.41 Å². The van der Waals surface area contributed by atoms with Crippen LogP contribution in [0.4, 0.5) is 0 Å². The fourth-order valence-electron chi connectivity index (χ4n) is 3.83. The molecule has 1 saturated heterocycles. The summed E-state index contributed by atoms with van der Waals surface area (Å²) in [5, 5.41) is 3.44. The van der Waals surface area contributed by atoms with E-state index in [1.54, 1.807) is 5.56 Å². The fourth-order valence-corrected chi connectivity index (χ4v) is 3.83. The monoisotopic (exact) mass is 258 g/mol. The zero-order valence-electron chi connectivity index (χ0n) is 11.9. The molecule has 2 heteroatoms. The van der Waals surface area contributed by atoms with Gasteiger partial charge in [-0.3, -0.25) is 0 Å². The second kappa shape index (κ2) is 6.06. The summed E-state index contributed by atoms with van der Waals surface area (Å²) in [6.07, 6.45) is 6.95. The standard InChI is InChI=1S/C17H26N2/c1-2-6-16(7-3-1)17(8-4-5-9-17)10-13-19-14-11-18-12-15-19/h1-3,6-7,18H,4-5,8-15H2. The minimum Gasteiger partial charge on any atom is -0.314 e. The van der Waals surface area contributed by atoms with Crippen LogP contribution in [0.5, 0.6) is 0 Å². The lowest BCUT2D eigenvalue weighted by atomic mass is 9.76. The summed E-state index contributed by atoms with van der Waals surface area (Å²) in [4.78, 5) is 2.64. The molecule has 0 bridgehead atoms. The van der Waals surface area contributed by atoms with Crippen molar-refractivity contribution in [3.63, 3.8) is 0 Å². The van der Waals surface area contributed by atoms with E-state index in [-0.39, 0.29) is 0 Å². The summed E-state index contributed by atoms with van der Waals surface area (Å²) in [6, 6.07) is 11.3. The van der Waals surface area contributed by atoms with Gasteiger partial charge < -0.3 is 10.2 Å². The molecule has 0 radical (unpaired) electrons. The van der Waals surface area contributed by atoms with Crippen LogP contribution in [0, 0.1) is 0 Å². The van der Waals surface area contributed by atoms with Gasteiger partial charge in [-0.05, 0) is 36.8 Å². The Balaban J connectivity index is 1.67. The van der Waals surface area contributed by atoms with E-state index in [0.717, 1.165) is 0 Å². The summed E-state index contributed by atoms with van der Waals surface area (Å²) < 4.78 is 0. The van der Waals surface area contributed by atoms with Crippen molar-refractivity contribution in [3.05, 3.63) is 35.9 Å². The number of hydrogen-bond donors (Lipinski definition) is 1. The van der Waals surface area contributed by atoms with Crippen LogP contribution in [0.3, 0.4) is 0 Å². The normalized spacial score (nSPS) is 23.6. The Labute approximate surface area is 117 Å². The van der Waals surface area contributed by atoms with Crippen LogP contribution in [-0.4, -0.2) is 37.6 Å². The first-order valence-electron chi connectivity index (χ1n) is 7.88. The van der Waals surface area contributed by atoms with Crippen molar-refractivity contribution in [2.75, 3.05) is 32.7 Å². The van der Waals surface area contributed by atoms with Gasteiger partial charge in [0.2, 0.25) is 0 Å². The lowest BCUT2D eigenvalue weighted by Crippen LogP contribution is -2.45. The molecule has 2 aliphatic rings. The number of rotatable bonds is 4. The molecule has 0 unspecified atom stereocenters. The van der Waals surface area contributed by atoms with E-state index in [9.17, 15) is 0 Å². The van der Waals surface area contributed by atoms with E-state index in [1.807, 2.05) is 0 Å². The highest BCUT2D eigenvalue weighted by Crippen LogP contribution is 2.43. The SMILES string of the molecule is c1ccc(C2(CCN3CCNCC3)CCCC2)cc1. The van der Waals surface area contributed by atoms with E-state index < -0.39 is 0 Å². The van der Waals surface area contributed by atoms with Crippen molar-refractivity contribution in [1.82, 2.24) is 10.2 Å². The van der Waals surface area contributed by atoms with E-state index in [4.69, 9.17) is 0 Å². The van der Waals surface area contributed by atoms with Gasteiger partial charge in [0.15, 0.2) is 0 Å². The third kappa shape index (κ3) is 3.01. The molecule has 1 aromatic carbocycles. The molecule has 1 heterocycles. The van der Waals surface area contributed by atoms with Crippen molar-refractivity contribution in [2.24, 2.45) is 0 Å². The van der Waals surface area contributed by atoms with Crippen LogP contribution in [0.2, 0.25) is 0 Å². The lowest BCUT2D eigenvalue weighted by molar-refractivity contribution is 0.213. The quantitative estimate of drug-likeness (QED) is 0.893. The summed E-state index contributed by atoms with van der Waals surface area (Å²) >= 11 is 0. The van der Waals surface area contributed by atoms with Crippen LogP contribution in [0.1, 0.15) is 37.7 Å². The molecule has 1 aromatic rings. The Morgan fingerprint density at radius 2 is 1.68 bits per heavy atom. The molecule has 0 amide bonds. The highest BCUT2D eigenvalue weighted by molar-refractivity contribution is 5.26. The Morgan fingerprint density at radius 3 is 2.37 bits per heavy atom. The van der Waals surface area contributed by atoms with Gasteiger partial charge in [0.1, 0.15) is 0 Å². The Hall–Kier alpha value is -0.860. The van der Waals surface area contributed by atoms with Crippen molar-refractivity contribution >= 4 is 0 Å². The summed E-state index contributed by atoms with van der Waals surface area (Å²) in [6.45, 7) is 6.06. The topological polar surface area (TPSA) is 15.3 Å². The van der Waals surface area contributed by atoms with Gasteiger partial charge in [-0.25, -0.2) is 0 Å². The average molecular weight is 258 g/mol. The largest absolute Gasteiger partial charge is 0.314 e. The second-order valence-electron chi connectivity index (χ2n) is 6.20. The van der Waals surface area contributed by atoms with E-state index >= 15 is 0 Å². The number of piperazine rings is 1. The lowest BCUT2D eigenvalue weighted by Gasteiger charge is -2.34. The van der Waals surface area contributed by atoms with Crippen LogP contribution in [-0.2, 0) is 5.41 Å². The molecule has 0 aromatic heterocycles. The minimum atomic E-state index is 0.478. The van der Waals surface area contributed by atoms with Gasteiger partial charge in [0, 0.05) is 26.2 Å². The molecular weight excluding hydrogens is 232 g/mol. The van der Waals surface area contributed by atoms with E-state index in [2.05, 4.69) is 40.5 Å². The molecule has 19 heavy (non-hydrogen) atoms. The maximum Gasteiger partial charge on any atom is 0.0107 e. The van der Waals surface area contributed by atoms with Gasteiger partial charge in [-0.1, -0.05) is 43.2 Å². The summed E-state index contributed by atoms with van der Waals surface area (Å²) in [7, 11) is 0. The van der Waals surface area contributed by atoms with Crippen LogP contribution < -0.4 is 5.32 Å². The molecule has 2 nitrogen and oxygen atoms in total. The number of nitrogens with one attached hydrogen (secondary N) is 1. The zero-order chi connectivity index (χ0) is 13.0. The number of hydrogen-bond acceptors (Lipinski definition) is 2. The molecular formula is C17H26N2. The molecule has 1 aliphatic carbocycles. The van der Waals surface area contributed by atoms with Gasteiger partial charge >= 0.3 is 0 Å². The van der Waals surface area contributed by atoms with Crippen LogP contribution in [0.25, 0.3) is 0 Å². The molecule has 1 saturated carbocycles. The summed E-state index contributed by atoms with van der Waals surface area (Å²) in [5.74, 6) is 0. The predicted octanol–water partition coefficient (Wildman–Crippen LogP) is 2.79. The summed E-state index contributed by atoms with van der Waals surface area (Å²) in [5.41, 5.74) is 2.06. The van der Waals surface area contributed by atoms with E-state index in [1.165, 1.54) is 64.8 Å². The average Bonchev–Trinajstić information content (AvgIpc) is 2.97. The highest BCUT2D eigenvalue weighted by atomic mass is 15.2. The maximum atomic E-state index is 3.44. The number of nitrogens with zero attached hydrogens (tertiary/aromatic N) is 1. The Bertz CT molecular complexity index is 376. The number of benzene rings is 1. The molecule has 3 rings (SSSR count).